The molecule has 0 saturated carbocycles. The molecule has 3 heterocycles. The number of amidine groups is 1. The summed E-state index contributed by atoms with van der Waals surface area (Å²) in [5, 5.41) is 4.50. The number of carbonyl (C=O) groups is 1. The quantitative estimate of drug-likeness (QED) is 0.215. The molecule has 0 bridgehead atoms. The number of H-pyrrole nitrogens is 1. The Morgan fingerprint density at radius 2 is 2.22 bits per heavy atom. The molecule has 0 unspecified atom stereocenters. The summed E-state index contributed by atoms with van der Waals surface area (Å²) in [5.74, 6) is -0.278. The second-order valence-corrected chi connectivity index (χ2v) is 9.13. The first-order valence-electron chi connectivity index (χ1n) is 11.3. The molecule has 1 atom stereocenters. The van der Waals surface area contributed by atoms with Gasteiger partial charge in [0.05, 0.1) is 10.0 Å². The molecule has 11 heteroatoms. The van der Waals surface area contributed by atoms with Crippen LogP contribution in [-0.2, 0) is 0 Å². The van der Waals surface area contributed by atoms with Gasteiger partial charge in [-0.15, -0.1) is 0 Å². The number of aromatic nitrogens is 2. The lowest BCUT2D eigenvalue weighted by Crippen LogP contribution is -2.44. The number of carbonyl (C=O) groups excluding carboxylic acids is 1. The Hall–Kier alpha value is -3.56. The molecule has 1 aliphatic rings. The van der Waals surface area contributed by atoms with Crippen LogP contribution in [0.1, 0.15) is 18.4 Å². The van der Waals surface area contributed by atoms with Crippen molar-refractivity contribution >= 4 is 46.2 Å². The van der Waals surface area contributed by atoms with Gasteiger partial charge < -0.3 is 25.7 Å². The summed E-state index contributed by atoms with van der Waals surface area (Å²) in [6.45, 7) is 4.86. The van der Waals surface area contributed by atoms with Gasteiger partial charge in [0.15, 0.2) is 17.4 Å². The number of fused-ring (bicyclic) bond motifs is 1. The molecule has 0 radical (unpaired) electrons. The van der Waals surface area contributed by atoms with Crippen LogP contribution >= 0.6 is 23.2 Å². The van der Waals surface area contributed by atoms with Gasteiger partial charge in [0.25, 0.3) is 0 Å². The number of benzene rings is 1. The number of aliphatic imine (C=N–C) groups is 1. The summed E-state index contributed by atoms with van der Waals surface area (Å²) in [4.78, 5) is 25.7. The van der Waals surface area contributed by atoms with Gasteiger partial charge in [-0.3, -0.25) is 0 Å². The monoisotopic (exact) mass is 530 g/mol. The van der Waals surface area contributed by atoms with E-state index in [0.717, 1.165) is 18.9 Å². The van der Waals surface area contributed by atoms with Gasteiger partial charge in [0.2, 0.25) is 0 Å². The van der Waals surface area contributed by atoms with Crippen LogP contribution in [-0.4, -0.2) is 46.4 Å². The molecule has 4 rings (SSSR count). The summed E-state index contributed by atoms with van der Waals surface area (Å²) in [6, 6.07) is 8.50. The average Bonchev–Trinajstić information content (AvgIpc) is 3.30. The van der Waals surface area contributed by atoms with Crippen molar-refractivity contribution < 1.29 is 13.9 Å². The first kappa shape index (κ1) is 25.5. The highest BCUT2D eigenvalue weighted by molar-refractivity contribution is 6.32. The number of hydrogen-bond donors (Lipinski definition) is 3. The van der Waals surface area contributed by atoms with E-state index in [4.69, 9.17) is 33.7 Å². The van der Waals surface area contributed by atoms with E-state index in [-0.39, 0.29) is 17.6 Å². The largest absolute Gasteiger partial charge is 0.415 e. The summed E-state index contributed by atoms with van der Waals surface area (Å²) in [6.07, 6.45) is 5.36. The molecule has 2 aromatic heterocycles. The topological polar surface area (TPSA) is 109 Å². The molecule has 188 valence electrons. The van der Waals surface area contributed by atoms with Gasteiger partial charge in [0, 0.05) is 43.0 Å². The van der Waals surface area contributed by atoms with Crippen molar-refractivity contribution in [3.8, 4) is 5.75 Å². The maximum Gasteiger partial charge on any atom is 0.415 e. The number of nitrogens with two attached hydrogens (primary N) is 1. The minimum absolute atomic E-state index is 0.0395. The molecule has 1 amide bonds. The number of allylic oxidation sites excluding steroid dienone is 2. The number of hydrogen-bond acceptors (Lipinski definition) is 5. The number of halogens is 3. The summed E-state index contributed by atoms with van der Waals surface area (Å²) < 4.78 is 20.1. The van der Waals surface area contributed by atoms with Crippen LogP contribution < -0.4 is 15.8 Å². The predicted octanol–water partition coefficient (Wildman–Crippen LogP) is 5.40. The van der Waals surface area contributed by atoms with Crippen molar-refractivity contribution in [2.24, 2.45) is 16.6 Å². The minimum Gasteiger partial charge on any atom is -0.409 e. The molecular weight excluding hydrogens is 506 g/mol. The molecule has 1 aromatic carbocycles. The average molecular weight is 531 g/mol. The predicted molar refractivity (Wildman–Crippen MR) is 140 cm³/mol. The van der Waals surface area contributed by atoms with Crippen molar-refractivity contribution in [3.63, 3.8) is 0 Å². The maximum absolute atomic E-state index is 14.6. The summed E-state index contributed by atoms with van der Waals surface area (Å²) in [7, 11) is 0. The Balaban J connectivity index is 1.43. The fourth-order valence-corrected chi connectivity index (χ4v) is 4.30. The standard InChI is InChI=1S/C25H25Cl2FN6O2/c1-2-20(28)24(33-22(29)18-13-32-23-17(18)10-16(26)12-31-23)30-11-15-6-5-9-34(14-15)25(35)36-21-8-4-3-7-19(21)27/h2-4,7-8,10,12-13,15,30H,1,5-6,9,11,14H2,(H2,29,33)(H,31,32)/b24-20+/t15-/m1/s1. The molecule has 4 N–H and O–H groups in total. The van der Waals surface area contributed by atoms with Crippen LogP contribution in [0.2, 0.25) is 10.0 Å². The fraction of sp³-hybridized carbons (Fsp3) is 0.240. The number of amides is 1. The molecule has 1 fully saturated rings. The molecule has 0 aliphatic carbocycles. The number of pyridine rings is 1. The van der Waals surface area contributed by atoms with Gasteiger partial charge in [0.1, 0.15) is 11.5 Å². The third-order valence-electron chi connectivity index (χ3n) is 5.78. The van der Waals surface area contributed by atoms with Gasteiger partial charge in [-0.05, 0) is 43.0 Å². The van der Waals surface area contributed by atoms with Crippen LogP contribution in [0.5, 0.6) is 5.75 Å². The van der Waals surface area contributed by atoms with Gasteiger partial charge in [-0.1, -0.05) is 41.9 Å². The maximum atomic E-state index is 14.6. The molecule has 1 aliphatic heterocycles. The normalized spacial score (nSPS) is 17.0. The molecular formula is C25H25Cl2FN6O2. The summed E-state index contributed by atoms with van der Waals surface area (Å²) >= 11 is 12.2. The molecule has 8 nitrogen and oxygen atoms in total. The second kappa shape index (κ2) is 11.5. The van der Waals surface area contributed by atoms with Crippen molar-refractivity contribution in [1.82, 2.24) is 20.2 Å². The Morgan fingerprint density at radius 3 is 3.00 bits per heavy atom. The zero-order valence-corrected chi connectivity index (χ0v) is 20.8. The van der Waals surface area contributed by atoms with Gasteiger partial charge >= 0.3 is 6.09 Å². The van der Waals surface area contributed by atoms with Crippen molar-refractivity contribution in [3.05, 3.63) is 82.6 Å². The molecule has 1 saturated heterocycles. The van der Waals surface area contributed by atoms with Crippen LogP contribution in [0.25, 0.3) is 11.0 Å². The first-order valence-corrected chi connectivity index (χ1v) is 12.1. The van der Waals surface area contributed by atoms with Crippen molar-refractivity contribution in [2.75, 3.05) is 19.6 Å². The number of ether oxygens (including phenoxy) is 1. The number of para-hydroxylation sites is 1. The van der Waals surface area contributed by atoms with Crippen LogP contribution in [0.4, 0.5) is 9.18 Å². The van der Waals surface area contributed by atoms with E-state index in [1.807, 2.05) is 0 Å². The third-order valence-corrected chi connectivity index (χ3v) is 6.30. The Kier molecular flexibility index (Phi) is 8.12. The molecule has 3 aromatic rings. The van der Waals surface area contributed by atoms with Crippen LogP contribution in [0.15, 0.2) is 72.0 Å². The van der Waals surface area contributed by atoms with E-state index >= 15 is 0 Å². The first-order chi connectivity index (χ1) is 17.4. The van der Waals surface area contributed by atoms with Crippen LogP contribution in [0.3, 0.4) is 0 Å². The van der Waals surface area contributed by atoms with Gasteiger partial charge in [-0.2, -0.15) is 0 Å². The highest BCUT2D eigenvalue weighted by Crippen LogP contribution is 2.25. The van der Waals surface area contributed by atoms with Crippen molar-refractivity contribution in [1.29, 1.82) is 0 Å². The van der Waals surface area contributed by atoms with Crippen molar-refractivity contribution in [2.45, 2.75) is 12.8 Å². The lowest BCUT2D eigenvalue weighted by molar-refractivity contribution is 0.126. The van der Waals surface area contributed by atoms with E-state index < -0.39 is 11.9 Å². The number of nitrogens with one attached hydrogen (secondary N) is 2. The highest BCUT2D eigenvalue weighted by atomic mass is 35.5. The number of piperidine rings is 1. The number of rotatable bonds is 7. The third kappa shape index (κ3) is 5.98. The summed E-state index contributed by atoms with van der Waals surface area (Å²) in [5.41, 5.74) is 7.34. The molecule has 36 heavy (non-hydrogen) atoms. The Bertz CT molecular complexity index is 1340. The van der Waals surface area contributed by atoms with E-state index in [2.05, 4.69) is 26.9 Å². The van der Waals surface area contributed by atoms with Gasteiger partial charge in [-0.25, -0.2) is 19.2 Å². The minimum atomic E-state index is -0.653. The SMILES string of the molecule is C=C/C(F)=C(\N=C(/N)c1c[nH]c2ncc(Cl)cc12)NC[C@H]1CCCN(C(=O)Oc2ccccc2Cl)C1. The lowest BCUT2D eigenvalue weighted by Gasteiger charge is -2.32. The smallest absolute Gasteiger partial charge is 0.409 e. The zero-order chi connectivity index (χ0) is 25.7. The number of likely N-dealkylation sites (tertiary alicyclic amines) is 1. The molecule has 0 spiro atoms. The Morgan fingerprint density at radius 1 is 1.42 bits per heavy atom. The zero-order valence-electron chi connectivity index (χ0n) is 19.3. The highest BCUT2D eigenvalue weighted by Gasteiger charge is 2.26. The number of aromatic amines is 1. The lowest BCUT2D eigenvalue weighted by atomic mass is 9.98. The Labute approximate surface area is 217 Å². The van der Waals surface area contributed by atoms with Crippen LogP contribution in [0, 0.1) is 5.92 Å². The van der Waals surface area contributed by atoms with E-state index in [9.17, 15) is 9.18 Å². The number of nitrogens with zero attached hydrogens (tertiary/aromatic N) is 3. The van der Waals surface area contributed by atoms with E-state index in [1.165, 1.54) is 6.20 Å². The second-order valence-electron chi connectivity index (χ2n) is 8.28. The fourth-order valence-electron chi connectivity index (χ4n) is 3.97. The van der Waals surface area contributed by atoms with E-state index in [1.54, 1.807) is 41.4 Å². The van der Waals surface area contributed by atoms with E-state index in [0.29, 0.717) is 52.0 Å².